The Labute approximate surface area is 173 Å². The van der Waals surface area contributed by atoms with Crippen molar-refractivity contribution < 1.29 is 14.3 Å². The van der Waals surface area contributed by atoms with E-state index >= 15 is 0 Å². The molecule has 2 aromatic carbocycles. The van der Waals surface area contributed by atoms with Crippen molar-refractivity contribution in [2.24, 2.45) is 7.05 Å². The number of carbonyl (C=O) groups is 2. The molecule has 1 aliphatic carbocycles. The van der Waals surface area contributed by atoms with Crippen molar-refractivity contribution in [1.82, 2.24) is 9.78 Å². The first-order valence-corrected chi connectivity index (χ1v) is 9.99. The molecule has 154 valence electrons. The highest BCUT2D eigenvalue weighted by Crippen LogP contribution is 2.25. The molecule has 0 saturated heterocycles. The van der Waals surface area contributed by atoms with Crippen LogP contribution in [-0.2, 0) is 40.6 Å². The molecule has 3 aromatic rings. The third-order valence-electron chi connectivity index (χ3n) is 5.39. The van der Waals surface area contributed by atoms with Gasteiger partial charge in [0, 0.05) is 18.1 Å². The van der Waals surface area contributed by atoms with E-state index in [1.54, 1.807) is 24.3 Å². The fourth-order valence-corrected chi connectivity index (χ4v) is 3.83. The summed E-state index contributed by atoms with van der Waals surface area (Å²) in [6.45, 7) is 1.53. The molecule has 0 radical (unpaired) electrons. The van der Waals surface area contributed by atoms with Gasteiger partial charge in [0.1, 0.15) is 0 Å². The van der Waals surface area contributed by atoms with Crippen LogP contribution in [0.3, 0.4) is 0 Å². The number of hydrogen-bond acceptors (Lipinski definition) is 5. The molecular formula is C23H23N3O4. The molecule has 0 unspecified atom stereocenters. The lowest BCUT2D eigenvalue weighted by Gasteiger charge is -2.14. The highest BCUT2D eigenvalue weighted by atomic mass is 16.5. The summed E-state index contributed by atoms with van der Waals surface area (Å²) in [5.41, 5.74) is 3.48. The Kier molecular flexibility index (Phi) is 5.35. The van der Waals surface area contributed by atoms with Crippen LogP contribution in [0.4, 0.5) is 5.69 Å². The van der Waals surface area contributed by atoms with Gasteiger partial charge in [0.15, 0.2) is 6.10 Å². The lowest BCUT2D eigenvalue weighted by molar-refractivity contribution is -0.152. The van der Waals surface area contributed by atoms with Gasteiger partial charge in [-0.25, -0.2) is 4.68 Å². The fraction of sp³-hybridized carbons (Fsp3) is 0.304. The zero-order chi connectivity index (χ0) is 21.3. The predicted molar refractivity (Wildman–Crippen MR) is 113 cm³/mol. The number of aryl methyl sites for hydroxylation is 3. The van der Waals surface area contributed by atoms with Crippen molar-refractivity contribution in [1.29, 1.82) is 0 Å². The summed E-state index contributed by atoms with van der Waals surface area (Å²) >= 11 is 0. The molecule has 30 heavy (non-hydrogen) atoms. The number of nitrogens with zero attached hydrogens (tertiary/aromatic N) is 2. The highest BCUT2D eigenvalue weighted by molar-refractivity contribution is 5.95. The zero-order valence-corrected chi connectivity index (χ0v) is 17.0. The molecule has 1 amide bonds. The second-order valence-corrected chi connectivity index (χ2v) is 7.56. The number of hydrogen-bond donors (Lipinski definition) is 1. The predicted octanol–water partition coefficient (Wildman–Crippen LogP) is 2.54. The van der Waals surface area contributed by atoms with Gasteiger partial charge in [-0.1, -0.05) is 24.3 Å². The largest absolute Gasteiger partial charge is 0.452 e. The number of nitrogens with one attached hydrogen (secondary N) is 1. The minimum absolute atomic E-state index is 0.134. The first-order valence-electron chi connectivity index (χ1n) is 9.99. The van der Waals surface area contributed by atoms with Gasteiger partial charge < -0.3 is 10.1 Å². The maximum atomic E-state index is 12.5. The maximum Gasteiger partial charge on any atom is 0.312 e. The number of fused-ring (bicyclic) bond motifs is 2. The van der Waals surface area contributed by atoms with E-state index in [0.29, 0.717) is 22.2 Å². The molecule has 7 nitrogen and oxygen atoms in total. The molecule has 0 saturated carbocycles. The first-order chi connectivity index (χ1) is 14.4. The second kappa shape index (κ2) is 8.10. The summed E-state index contributed by atoms with van der Waals surface area (Å²) in [5, 5.41) is 8.10. The van der Waals surface area contributed by atoms with Gasteiger partial charge in [-0.15, -0.1) is 0 Å². The summed E-state index contributed by atoms with van der Waals surface area (Å²) in [6, 6.07) is 12.9. The molecule has 4 rings (SSSR count). The van der Waals surface area contributed by atoms with Crippen molar-refractivity contribution in [3.05, 3.63) is 69.6 Å². The molecule has 0 aliphatic heterocycles. The molecule has 0 bridgehead atoms. The molecule has 1 N–H and O–H groups in total. The Balaban J connectivity index is 1.43. The van der Waals surface area contributed by atoms with Crippen LogP contribution in [0.1, 0.15) is 30.2 Å². The molecule has 7 heteroatoms. The van der Waals surface area contributed by atoms with Crippen LogP contribution in [0.5, 0.6) is 0 Å². The Morgan fingerprint density at radius 2 is 1.87 bits per heavy atom. The van der Waals surface area contributed by atoms with Crippen molar-refractivity contribution in [3.63, 3.8) is 0 Å². The van der Waals surface area contributed by atoms with E-state index in [4.69, 9.17) is 4.74 Å². The lowest BCUT2D eigenvalue weighted by Crippen LogP contribution is -2.31. The standard InChI is InChI=1S/C23H23N3O4/c1-14(22(28)24-17-11-10-15-6-5-7-16(15)12-17)30-21(27)13-20-18-8-3-4-9-19(18)23(29)26(2)25-20/h3-4,8-12,14H,5-7,13H2,1-2H3,(H,24,28)/t14-/m0/s1. The third kappa shape index (κ3) is 3.96. The quantitative estimate of drug-likeness (QED) is 0.659. The van der Waals surface area contributed by atoms with Gasteiger partial charge in [-0.05, 0) is 55.5 Å². The molecule has 0 fully saturated rings. The highest BCUT2D eigenvalue weighted by Gasteiger charge is 2.21. The van der Waals surface area contributed by atoms with E-state index in [0.717, 1.165) is 19.3 Å². The smallest absolute Gasteiger partial charge is 0.312 e. The van der Waals surface area contributed by atoms with Crippen LogP contribution in [0.2, 0.25) is 0 Å². The molecule has 1 atom stereocenters. The van der Waals surface area contributed by atoms with Gasteiger partial charge >= 0.3 is 5.97 Å². The molecular weight excluding hydrogens is 382 g/mol. The lowest BCUT2D eigenvalue weighted by atomic mass is 10.1. The van der Waals surface area contributed by atoms with Crippen LogP contribution >= 0.6 is 0 Å². The molecule has 0 spiro atoms. The van der Waals surface area contributed by atoms with Crippen molar-refractivity contribution in [3.8, 4) is 0 Å². The Bertz CT molecular complexity index is 1200. The van der Waals surface area contributed by atoms with Gasteiger partial charge in [-0.2, -0.15) is 5.10 Å². The Hall–Kier alpha value is -3.48. The average molecular weight is 405 g/mol. The molecule has 1 heterocycles. The van der Waals surface area contributed by atoms with Crippen LogP contribution in [0.25, 0.3) is 10.8 Å². The Morgan fingerprint density at radius 3 is 2.67 bits per heavy atom. The van der Waals surface area contributed by atoms with E-state index in [2.05, 4.69) is 10.4 Å². The van der Waals surface area contributed by atoms with Crippen molar-refractivity contribution in [2.45, 2.75) is 38.7 Å². The number of aromatic nitrogens is 2. The first kappa shape index (κ1) is 19.8. The minimum atomic E-state index is -0.954. The van der Waals surface area contributed by atoms with E-state index < -0.39 is 12.1 Å². The fourth-order valence-electron chi connectivity index (χ4n) is 3.83. The van der Waals surface area contributed by atoms with Crippen molar-refractivity contribution >= 4 is 28.3 Å². The van der Waals surface area contributed by atoms with Gasteiger partial charge in [-0.3, -0.25) is 14.4 Å². The van der Waals surface area contributed by atoms with Gasteiger partial charge in [0.05, 0.1) is 17.5 Å². The minimum Gasteiger partial charge on any atom is -0.452 e. The van der Waals surface area contributed by atoms with E-state index in [9.17, 15) is 14.4 Å². The third-order valence-corrected chi connectivity index (χ3v) is 5.39. The number of rotatable bonds is 5. The maximum absolute atomic E-state index is 12.5. The SMILES string of the molecule is C[C@H](OC(=O)Cc1nn(C)c(=O)c2ccccc12)C(=O)Nc1ccc2c(c1)CCC2. The normalized spacial score (nSPS) is 13.7. The van der Waals surface area contributed by atoms with Crippen molar-refractivity contribution in [2.75, 3.05) is 5.32 Å². The van der Waals surface area contributed by atoms with Crippen LogP contribution in [0, 0.1) is 0 Å². The van der Waals surface area contributed by atoms with Crippen LogP contribution in [-0.4, -0.2) is 27.8 Å². The monoisotopic (exact) mass is 405 g/mol. The van der Waals surface area contributed by atoms with E-state index in [1.165, 1.54) is 29.8 Å². The summed E-state index contributed by atoms with van der Waals surface area (Å²) in [5.74, 6) is -0.970. The van der Waals surface area contributed by atoms with Crippen LogP contribution in [0.15, 0.2) is 47.3 Å². The zero-order valence-electron chi connectivity index (χ0n) is 17.0. The number of ether oxygens (including phenoxy) is 1. The Morgan fingerprint density at radius 1 is 1.13 bits per heavy atom. The topological polar surface area (TPSA) is 90.3 Å². The molecule has 1 aliphatic rings. The average Bonchev–Trinajstić information content (AvgIpc) is 3.19. The number of benzene rings is 2. The number of anilines is 1. The van der Waals surface area contributed by atoms with Gasteiger partial charge in [0.2, 0.25) is 0 Å². The van der Waals surface area contributed by atoms with E-state index in [1.807, 2.05) is 18.2 Å². The van der Waals surface area contributed by atoms with Crippen LogP contribution < -0.4 is 10.9 Å². The van der Waals surface area contributed by atoms with E-state index in [-0.39, 0.29) is 17.9 Å². The molecule has 1 aromatic heterocycles. The number of amides is 1. The summed E-state index contributed by atoms with van der Waals surface area (Å²) < 4.78 is 6.52. The number of carbonyl (C=O) groups excluding carboxylic acids is 2. The number of esters is 1. The van der Waals surface area contributed by atoms with Gasteiger partial charge in [0.25, 0.3) is 11.5 Å². The summed E-state index contributed by atoms with van der Waals surface area (Å²) in [6.07, 6.45) is 2.14. The summed E-state index contributed by atoms with van der Waals surface area (Å²) in [7, 11) is 1.54. The summed E-state index contributed by atoms with van der Waals surface area (Å²) in [4.78, 5) is 37.1. The second-order valence-electron chi connectivity index (χ2n) is 7.56.